The van der Waals surface area contributed by atoms with Gasteiger partial charge >= 0.3 is 0 Å². The van der Waals surface area contributed by atoms with Crippen molar-refractivity contribution in [1.82, 2.24) is 5.32 Å². The van der Waals surface area contributed by atoms with Crippen molar-refractivity contribution in [3.8, 4) is 0 Å². The van der Waals surface area contributed by atoms with Crippen molar-refractivity contribution in [1.29, 1.82) is 0 Å². The van der Waals surface area contributed by atoms with Gasteiger partial charge < -0.3 is 15.5 Å². The molecule has 116 valence electrons. The average Bonchev–Trinajstić information content (AvgIpc) is 3.07. The van der Waals surface area contributed by atoms with E-state index in [0.29, 0.717) is 0 Å². The molecule has 2 atom stereocenters. The molecular formula is C8H19NO8S2. The third-order valence-electron chi connectivity index (χ3n) is 1.60. The van der Waals surface area contributed by atoms with Crippen LogP contribution in [-0.4, -0.2) is 78.1 Å². The van der Waals surface area contributed by atoms with Gasteiger partial charge in [-0.2, -0.15) is 16.8 Å². The Hall–Kier alpha value is -0.300. The first kappa shape index (κ1) is 18.7. The number of hydrogen-bond donors (Lipinski definition) is 3. The van der Waals surface area contributed by atoms with Gasteiger partial charge in [-0.15, -0.1) is 0 Å². The van der Waals surface area contributed by atoms with Crippen LogP contribution in [-0.2, 0) is 28.6 Å². The standard InChI is InChI=1S/C6H14O8S2.C2H5N/c1-15(9,10)13-3-5(7)6(8)4-14-16(2,11)12;1-2-3-1/h5-8H,3-4H2,1-2H3;3H,1-2H2. The summed E-state index contributed by atoms with van der Waals surface area (Å²) in [5.41, 5.74) is 0. The number of aliphatic hydroxyl groups is 2. The summed E-state index contributed by atoms with van der Waals surface area (Å²) in [4.78, 5) is 0. The lowest BCUT2D eigenvalue weighted by atomic mass is 10.2. The van der Waals surface area contributed by atoms with E-state index in [1.54, 1.807) is 0 Å². The summed E-state index contributed by atoms with van der Waals surface area (Å²) in [6.45, 7) is 1.15. The van der Waals surface area contributed by atoms with E-state index in [-0.39, 0.29) is 0 Å². The highest BCUT2D eigenvalue weighted by Gasteiger charge is 2.20. The molecular weight excluding hydrogens is 302 g/mol. The quantitative estimate of drug-likeness (QED) is 0.335. The van der Waals surface area contributed by atoms with Gasteiger partial charge in [0, 0.05) is 13.1 Å². The van der Waals surface area contributed by atoms with E-state index in [1.807, 2.05) is 0 Å². The Morgan fingerprint density at radius 2 is 1.21 bits per heavy atom. The molecule has 0 saturated carbocycles. The molecule has 1 heterocycles. The fourth-order valence-electron chi connectivity index (χ4n) is 0.609. The lowest BCUT2D eigenvalue weighted by Gasteiger charge is -2.16. The fraction of sp³-hybridized carbons (Fsp3) is 1.00. The van der Waals surface area contributed by atoms with Gasteiger partial charge in [0.1, 0.15) is 12.2 Å². The topological polar surface area (TPSA) is 149 Å². The third-order valence-corrected chi connectivity index (χ3v) is 2.73. The number of nitrogens with one attached hydrogen (secondary N) is 1. The molecule has 9 nitrogen and oxygen atoms in total. The first-order chi connectivity index (χ1) is 8.51. The molecule has 1 aliphatic heterocycles. The summed E-state index contributed by atoms with van der Waals surface area (Å²) in [5.74, 6) is 0. The zero-order valence-electron chi connectivity index (χ0n) is 10.6. The van der Waals surface area contributed by atoms with Crippen LogP contribution in [0.4, 0.5) is 0 Å². The SMILES string of the molecule is C1CN1.CS(=O)(=O)OCC(O)C(O)COS(C)(=O)=O. The maximum Gasteiger partial charge on any atom is 0.264 e. The van der Waals surface area contributed by atoms with Gasteiger partial charge in [0.25, 0.3) is 20.2 Å². The maximum atomic E-state index is 10.5. The minimum absolute atomic E-state index is 0.673. The summed E-state index contributed by atoms with van der Waals surface area (Å²) in [7, 11) is -7.45. The van der Waals surface area contributed by atoms with Gasteiger partial charge in [-0.05, 0) is 0 Å². The van der Waals surface area contributed by atoms with Crippen LogP contribution in [0.1, 0.15) is 0 Å². The van der Waals surface area contributed by atoms with Gasteiger partial charge in [-0.25, -0.2) is 0 Å². The van der Waals surface area contributed by atoms with Gasteiger partial charge in [0.2, 0.25) is 0 Å². The summed E-state index contributed by atoms with van der Waals surface area (Å²) in [6.07, 6.45) is -1.56. The molecule has 3 N–H and O–H groups in total. The molecule has 1 rings (SSSR count). The molecule has 0 aromatic carbocycles. The average molecular weight is 321 g/mol. The largest absolute Gasteiger partial charge is 0.388 e. The molecule has 0 spiro atoms. The van der Waals surface area contributed by atoms with Gasteiger partial charge in [-0.3, -0.25) is 8.37 Å². The summed E-state index contributed by atoms with van der Waals surface area (Å²) in [5, 5.41) is 21.3. The lowest BCUT2D eigenvalue weighted by molar-refractivity contribution is -0.0264. The highest BCUT2D eigenvalue weighted by molar-refractivity contribution is 7.86. The number of hydrogen-bond acceptors (Lipinski definition) is 9. The minimum atomic E-state index is -3.73. The third kappa shape index (κ3) is 15.6. The highest BCUT2D eigenvalue weighted by atomic mass is 32.2. The molecule has 1 fully saturated rings. The Morgan fingerprint density at radius 3 is 1.37 bits per heavy atom. The Morgan fingerprint density at radius 1 is 0.947 bits per heavy atom. The van der Waals surface area contributed by atoms with Crippen molar-refractivity contribution in [2.24, 2.45) is 0 Å². The second-order valence-corrected chi connectivity index (χ2v) is 7.15. The van der Waals surface area contributed by atoms with Crippen LogP contribution in [0.5, 0.6) is 0 Å². The molecule has 1 saturated heterocycles. The summed E-state index contributed by atoms with van der Waals surface area (Å²) >= 11 is 0. The zero-order chi connectivity index (χ0) is 15.1. The van der Waals surface area contributed by atoms with Crippen LogP contribution in [0.25, 0.3) is 0 Å². The highest BCUT2D eigenvalue weighted by Crippen LogP contribution is 2.00. The molecule has 19 heavy (non-hydrogen) atoms. The van der Waals surface area contributed by atoms with E-state index < -0.39 is 45.7 Å². The predicted molar refractivity (Wildman–Crippen MR) is 66.5 cm³/mol. The van der Waals surface area contributed by atoms with E-state index in [9.17, 15) is 16.8 Å². The molecule has 1 aliphatic rings. The summed E-state index contributed by atoms with van der Waals surface area (Å²) in [6, 6.07) is 0. The van der Waals surface area contributed by atoms with Crippen molar-refractivity contribution in [2.75, 3.05) is 38.8 Å². The Balaban J connectivity index is 0.000000934. The molecule has 0 aromatic rings. The second kappa shape index (κ2) is 8.09. The predicted octanol–water partition coefficient (Wildman–Crippen LogP) is -2.75. The van der Waals surface area contributed by atoms with E-state index in [0.717, 1.165) is 12.5 Å². The Bertz CT molecular complexity index is 401. The molecule has 0 radical (unpaired) electrons. The van der Waals surface area contributed by atoms with Crippen molar-refractivity contribution in [2.45, 2.75) is 12.2 Å². The molecule has 0 aromatic heterocycles. The first-order valence-electron chi connectivity index (χ1n) is 5.27. The van der Waals surface area contributed by atoms with Crippen LogP contribution < -0.4 is 5.32 Å². The van der Waals surface area contributed by atoms with Gasteiger partial charge in [-0.1, -0.05) is 0 Å². The molecule has 11 heteroatoms. The van der Waals surface area contributed by atoms with Crippen LogP contribution in [0.2, 0.25) is 0 Å². The fourth-order valence-corrected chi connectivity index (χ4v) is 1.38. The van der Waals surface area contributed by atoms with Crippen molar-refractivity contribution < 1.29 is 35.4 Å². The van der Waals surface area contributed by atoms with Gasteiger partial charge in [0.05, 0.1) is 25.7 Å². The number of aliphatic hydroxyl groups excluding tert-OH is 2. The van der Waals surface area contributed by atoms with E-state index in [2.05, 4.69) is 13.7 Å². The second-order valence-electron chi connectivity index (χ2n) is 3.86. The Labute approximate surface area is 112 Å². The van der Waals surface area contributed by atoms with Crippen LogP contribution in [0.15, 0.2) is 0 Å². The van der Waals surface area contributed by atoms with E-state index in [4.69, 9.17) is 10.2 Å². The van der Waals surface area contributed by atoms with Crippen LogP contribution >= 0.6 is 0 Å². The van der Waals surface area contributed by atoms with E-state index in [1.165, 1.54) is 13.1 Å². The normalized spacial score (nSPS) is 18.1. The molecule has 2 unspecified atom stereocenters. The van der Waals surface area contributed by atoms with Crippen molar-refractivity contribution in [3.05, 3.63) is 0 Å². The van der Waals surface area contributed by atoms with Gasteiger partial charge in [0.15, 0.2) is 0 Å². The van der Waals surface area contributed by atoms with E-state index >= 15 is 0 Å². The molecule has 0 amide bonds. The Kier molecular flexibility index (Phi) is 7.96. The number of rotatable bonds is 7. The smallest absolute Gasteiger partial charge is 0.264 e. The minimum Gasteiger partial charge on any atom is -0.388 e. The molecule has 0 bridgehead atoms. The molecule has 0 aliphatic carbocycles. The lowest BCUT2D eigenvalue weighted by Crippen LogP contribution is -2.35. The van der Waals surface area contributed by atoms with Crippen molar-refractivity contribution in [3.63, 3.8) is 0 Å². The zero-order valence-corrected chi connectivity index (χ0v) is 12.3. The summed E-state index contributed by atoms with van der Waals surface area (Å²) < 4.78 is 50.5. The van der Waals surface area contributed by atoms with Crippen LogP contribution in [0, 0.1) is 0 Å². The van der Waals surface area contributed by atoms with Crippen LogP contribution in [0.3, 0.4) is 0 Å². The first-order valence-corrected chi connectivity index (χ1v) is 8.90. The van der Waals surface area contributed by atoms with Crippen molar-refractivity contribution >= 4 is 20.2 Å². The monoisotopic (exact) mass is 321 g/mol. The maximum absolute atomic E-state index is 10.5.